The third-order valence-corrected chi connectivity index (χ3v) is 3.11. The lowest BCUT2D eigenvalue weighted by Gasteiger charge is -2.23. The number of aromatic amines is 1. The number of hydrogen-bond acceptors (Lipinski definition) is 7. The molecule has 24 heavy (non-hydrogen) atoms. The Hall–Kier alpha value is -2.61. The number of halogens is 1. The lowest BCUT2D eigenvalue weighted by atomic mass is 10.1. The van der Waals surface area contributed by atoms with Crippen LogP contribution in [0.15, 0.2) is 29.2 Å². The second kappa shape index (κ2) is 7.31. The summed E-state index contributed by atoms with van der Waals surface area (Å²) in [6.07, 6.45) is 1.43. The Bertz CT molecular complexity index is 774. The summed E-state index contributed by atoms with van der Waals surface area (Å²) in [5, 5.41) is 8.79. The number of esters is 1. The second-order valence-electron chi connectivity index (χ2n) is 5.27. The minimum Gasteiger partial charge on any atom is -0.475 e. The number of anilines is 2. The Morgan fingerprint density at radius 2 is 2.17 bits per heavy atom. The Morgan fingerprint density at radius 1 is 1.42 bits per heavy atom. The summed E-state index contributed by atoms with van der Waals surface area (Å²) in [6.45, 7) is 5.21. The van der Waals surface area contributed by atoms with Crippen LogP contribution in [-0.2, 0) is 9.53 Å². The van der Waals surface area contributed by atoms with Crippen molar-refractivity contribution in [2.24, 2.45) is 0 Å². The number of ether oxygens (including phenoxy) is 2. The fraction of sp³-hybridized carbons (Fsp3) is 0.333. The zero-order valence-corrected chi connectivity index (χ0v) is 14.2. The predicted octanol–water partition coefficient (Wildman–Crippen LogP) is 2.28. The molecule has 0 aliphatic heterocycles. The van der Waals surface area contributed by atoms with E-state index in [4.69, 9.17) is 21.1 Å². The van der Waals surface area contributed by atoms with Gasteiger partial charge in [-0.2, -0.15) is 5.10 Å². The molecule has 8 nitrogen and oxygen atoms in total. The van der Waals surface area contributed by atoms with Crippen molar-refractivity contribution in [1.29, 1.82) is 0 Å². The maximum atomic E-state index is 11.8. The van der Waals surface area contributed by atoms with E-state index in [-0.39, 0.29) is 17.4 Å². The molecule has 0 amide bonds. The van der Waals surface area contributed by atoms with E-state index in [2.05, 4.69) is 20.5 Å². The molecule has 0 aliphatic carbocycles. The van der Waals surface area contributed by atoms with Gasteiger partial charge in [-0.05, 0) is 32.9 Å². The van der Waals surface area contributed by atoms with Gasteiger partial charge in [0.05, 0.1) is 12.8 Å². The molecule has 0 unspecified atom stereocenters. The molecule has 9 heteroatoms. The molecule has 2 rings (SSSR count). The van der Waals surface area contributed by atoms with E-state index in [9.17, 15) is 9.59 Å². The summed E-state index contributed by atoms with van der Waals surface area (Å²) in [7, 11) is 0. The molecule has 0 fully saturated rings. The molecular formula is C15H17ClN4O4. The van der Waals surface area contributed by atoms with Crippen molar-refractivity contribution in [2.75, 3.05) is 11.9 Å². The van der Waals surface area contributed by atoms with E-state index in [1.807, 2.05) is 0 Å². The monoisotopic (exact) mass is 352 g/mol. The molecule has 2 heterocycles. The number of hydrogen-bond donors (Lipinski definition) is 2. The molecule has 0 aromatic carbocycles. The second-order valence-corrected chi connectivity index (χ2v) is 5.66. The summed E-state index contributed by atoms with van der Waals surface area (Å²) in [4.78, 5) is 27.6. The third kappa shape index (κ3) is 4.45. The van der Waals surface area contributed by atoms with Crippen molar-refractivity contribution in [1.82, 2.24) is 15.2 Å². The molecule has 0 spiro atoms. The Morgan fingerprint density at radius 3 is 2.79 bits per heavy atom. The van der Waals surface area contributed by atoms with Gasteiger partial charge in [-0.3, -0.25) is 4.79 Å². The van der Waals surface area contributed by atoms with Crippen LogP contribution in [-0.4, -0.2) is 33.4 Å². The number of carbonyl (C=O) groups excluding carboxylic acids is 1. The lowest BCUT2D eigenvalue weighted by Crippen LogP contribution is -2.39. The smallest absolute Gasteiger partial charge is 0.349 e. The van der Waals surface area contributed by atoms with Crippen LogP contribution in [0.25, 0.3) is 0 Å². The minimum atomic E-state index is -1.14. The number of nitrogens with zero attached hydrogens (tertiary/aromatic N) is 2. The molecule has 2 N–H and O–H groups in total. The maximum absolute atomic E-state index is 11.8. The molecule has 0 bridgehead atoms. The fourth-order valence-corrected chi connectivity index (χ4v) is 1.92. The van der Waals surface area contributed by atoms with Gasteiger partial charge in [0, 0.05) is 6.07 Å². The molecule has 0 saturated carbocycles. The van der Waals surface area contributed by atoms with Crippen molar-refractivity contribution in [3.8, 4) is 5.75 Å². The zero-order valence-electron chi connectivity index (χ0n) is 13.4. The number of H-pyrrole nitrogens is 1. The van der Waals surface area contributed by atoms with Gasteiger partial charge in [0.2, 0.25) is 0 Å². The lowest BCUT2D eigenvalue weighted by molar-refractivity contribution is -0.158. The first-order chi connectivity index (χ1) is 11.3. The Labute approximate surface area is 143 Å². The number of rotatable bonds is 6. The van der Waals surface area contributed by atoms with E-state index in [1.165, 1.54) is 12.3 Å². The molecular weight excluding hydrogens is 336 g/mol. The van der Waals surface area contributed by atoms with Crippen LogP contribution in [0.2, 0.25) is 5.15 Å². The molecule has 2 aromatic rings. The van der Waals surface area contributed by atoms with Gasteiger partial charge >= 0.3 is 5.97 Å². The summed E-state index contributed by atoms with van der Waals surface area (Å²) in [5.74, 6) is 0.328. The van der Waals surface area contributed by atoms with Crippen LogP contribution in [0.5, 0.6) is 5.75 Å². The number of aromatic nitrogens is 3. The molecule has 128 valence electrons. The normalized spacial score (nSPS) is 11.0. The van der Waals surface area contributed by atoms with Gasteiger partial charge < -0.3 is 14.8 Å². The first-order valence-corrected chi connectivity index (χ1v) is 7.54. The molecule has 2 aromatic heterocycles. The maximum Gasteiger partial charge on any atom is 0.349 e. The van der Waals surface area contributed by atoms with Gasteiger partial charge in [0.25, 0.3) is 5.56 Å². The van der Waals surface area contributed by atoms with Gasteiger partial charge in [0.1, 0.15) is 17.3 Å². The summed E-state index contributed by atoms with van der Waals surface area (Å²) < 4.78 is 10.6. The summed E-state index contributed by atoms with van der Waals surface area (Å²) in [6, 6.07) is 4.61. The quantitative estimate of drug-likeness (QED) is 0.768. The average molecular weight is 353 g/mol. The van der Waals surface area contributed by atoms with Crippen LogP contribution < -0.4 is 15.6 Å². The Balaban J connectivity index is 2.09. The highest BCUT2D eigenvalue weighted by Gasteiger charge is 2.31. The highest BCUT2D eigenvalue weighted by atomic mass is 35.5. The van der Waals surface area contributed by atoms with Crippen LogP contribution in [0, 0.1) is 0 Å². The third-order valence-electron chi connectivity index (χ3n) is 2.91. The largest absolute Gasteiger partial charge is 0.475 e. The van der Waals surface area contributed by atoms with E-state index in [0.717, 1.165) is 0 Å². The number of nitrogens with one attached hydrogen (secondary N) is 2. The summed E-state index contributed by atoms with van der Waals surface area (Å²) >= 11 is 5.73. The zero-order chi connectivity index (χ0) is 17.7. The van der Waals surface area contributed by atoms with Crippen LogP contribution in [0.1, 0.15) is 20.8 Å². The number of pyridine rings is 1. The van der Waals surface area contributed by atoms with Gasteiger partial charge in [-0.25, -0.2) is 14.9 Å². The fourth-order valence-electron chi connectivity index (χ4n) is 1.77. The Kier molecular flexibility index (Phi) is 5.40. The van der Waals surface area contributed by atoms with Crippen LogP contribution in [0.3, 0.4) is 0 Å². The van der Waals surface area contributed by atoms with Crippen molar-refractivity contribution in [3.05, 3.63) is 39.9 Å². The highest BCUT2D eigenvalue weighted by molar-refractivity contribution is 6.29. The topological polar surface area (TPSA) is 106 Å². The summed E-state index contributed by atoms with van der Waals surface area (Å²) in [5.41, 5.74) is -1.35. The standard InChI is InChI=1S/C15H17ClN4O4/c1-4-23-14(22)15(2,3)24-9-5-6-12(17-8-9)18-10-7-11(16)19-20-13(10)21/h5-8H,4H2,1-3H3,(H,20,21)(H,17,18,19). The van der Waals surface area contributed by atoms with Crippen LogP contribution in [0.4, 0.5) is 11.5 Å². The first kappa shape index (κ1) is 17.7. The molecule has 0 aliphatic rings. The first-order valence-electron chi connectivity index (χ1n) is 7.16. The van der Waals surface area contributed by atoms with Gasteiger partial charge in [-0.15, -0.1) is 0 Å². The minimum absolute atomic E-state index is 0.147. The van der Waals surface area contributed by atoms with Gasteiger partial charge in [-0.1, -0.05) is 11.6 Å². The number of carbonyl (C=O) groups is 1. The van der Waals surface area contributed by atoms with E-state index < -0.39 is 17.1 Å². The SMILES string of the molecule is CCOC(=O)C(C)(C)Oc1ccc(Nc2cc(Cl)n[nH]c2=O)nc1. The molecule has 0 atom stereocenters. The predicted molar refractivity (Wildman–Crippen MR) is 88.7 cm³/mol. The highest BCUT2D eigenvalue weighted by Crippen LogP contribution is 2.21. The van der Waals surface area contributed by atoms with E-state index >= 15 is 0 Å². The molecule has 0 saturated heterocycles. The van der Waals surface area contributed by atoms with E-state index in [1.54, 1.807) is 32.9 Å². The average Bonchev–Trinajstić information content (AvgIpc) is 2.53. The van der Waals surface area contributed by atoms with Crippen molar-refractivity contribution < 1.29 is 14.3 Å². The van der Waals surface area contributed by atoms with E-state index in [0.29, 0.717) is 11.6 Å². The van der Waals surface area contributed by atoms with Crippen LogP contribution >= 0.6 is 11.6 Å². The van der Waals surface area contributed by atoms with Crippen molar-refractivity contribution in [2.45, 2.75) is 26.4 Å². The van der Waals surface area contributed by atoms with Crippen molar-refractivity contribution in [3.63, 3.8) is 0 Å². The van der Waals surface area contributed by atoms with Gasteiger partial charge in [0.15, 0.2) is 10.8 Å². The molecule has 0 radical (unpaired) electrons. The van der Waals surface area contributed by atoms with Crippen molar-refractivity contribution >= 4 is 29.1 Å².